The average molecular weight is 241 g/mol. The molecule has 0 radical (unpaired) electrons. The Labute approximate surface area is 98.2 Å². The zero-order valence-electron chi connectivity index (χ0n) is 9.84. The largest absolute Gasteiger partial charge is 0.479 e. The molecule has 0 spiro atoms. The Kier molecular flexibility index (Phi) is 4.05. The maximum absolute atomic E-state index is 11.4. The van der Waals surface area contributed by atoms with Crippen LogP contribution in [0.25, 0.3) is 0 Å². The molecule has 0 aromatic carbocycles. The molecule has 1 unspecified atom stereocenters. The normalized spacial score (nSPS) is 12.2. The second-order valence-corrected chi connectivity index (χ2v) is 3.70. The number of aliphatic carboxylic acids is 1. The molecule has 2 amide bonds. The van der Waals surface area contributed by atoms with Crippen molar-refractivity contribution in [1.29, 1.82) is 0 Å². The summed E-state index contributed by atoms with van der Waals surface area (Å²) in [5.41, 5.74) is 2.81. The minimum atomic E-state index is -1.15. The van der Waals surface area contributed by atoms with Crippen molar-refractivity contribution < 1.29 is 14.7 Å². The molecule has 94 valence electrons. The summed E-state index contributed by atoms with van der Waals surface area (Å²) in [7, 11) is 4.92. The van der Waals surface area contributed by atoms with Crippen molar-refractivity contribution in [2.45, 2.75) is 6.04 Å². The summed E-state index contributed by atoms with van der Waals surface area (Å²) < 4.78 is 1.47. The van der Waals surface area contributed by atoms with Crippen LogP contribution in [0.1, 0.15) is 11.6 Å². The molecule has 0 aliphatic carbocycles. The number of hydrogen-bond acceptors (Lipinski definition) is 4. The van der Waals surface area contributed by atoms with Gasteiger partial charge in [0.1, 0.15) is 0 Å². The first-order valence-corrected chi connectivity index (χ1v) is 4.86. The summed E-state index contributed by atoms with van der Waals surface area (Å²) >= 11 is 0. The highest BCUT2D eigenvalue weighted by atomic mass is 16.4. The number of aromatic nitrogens is 2. The van der Waals surface area contributed by atoms with Gasteiger partial charge in [-0.2, -0.15) is 5.10 Å². The van der Waals surface area contributed by atoms with Crippen LogP contribution in [0, 0.1) is 0 Å². The molecular formula is C9H15N5O3. The third-order valence-corrected chi connectivity index (χ3v) is 1.91. The van der Waals surface area contributed by atoms with E-state index in [0.717, 1.165) is 0 Å². The van der Waals surface area contributed by atoms with Crippen LogP contribution in [0.5, 0.6) is 0 Å². The van der Waals surface area contributed by atoms with Gasteiger partial charge in [0.05, 0.1) is 6.20 Å². The van der Waals surface area contributed by atoms with Gasteiger partial charge in [-0.3, -0.25) is 10.1 Å². The Hall–Kier alpha value is -2.09. The average Bonchev–Trinajstić information content (AvgIpc) is 2.59. The van der Waals surface area contributed by atoms with Crippen LogP contribution in [-0.2, 0) is 11.8 Å². The quantitative estimate of drug-likeness (QED) is 0.607. The molecule has 1 rings (SSSR count). The van der Waals surface area contributed by atoms with Gasteiger partial charge in [0.2, 0.25) is 0 Å². The van der Waals surface area contributed by atoms with E-state index in [1.54, 1.807) is 21.1 Å². The van der Waals surface area contributed by atoms with Crippen LogP contribution in [-0.4, -0.2) is 46.0 Å². The molecular weight excluding hydrogens is 226 g/mol. The minimum Gasteiger partial charge on any atom is -0.479 e. The van der Waals surface area contributed by atoms with Crippen LogP contribution in [0.2, 0.25) is 0 Å². The highest BCUT2D eigenvalue weighted by Crippen LogP contribution is 2.11. The fraction of sp³-hybridized carbons (Fsp3) is 0.444. The summed E-state index contributed by atoms with van der Waals surface area (Å²) in [4.78, 5) is 22.4. The molecule has 0 bridgehead atoms. The number of hydrazine groups is 1. The Bertz CT molecular complexity index is 415. The molecule has 1 atom stereocenters. The monoisotopic (exact) mass is 241 g/mol. The molecule has 0 aliphatic heterocycles. The molecule has 1 aromatic rings. The predicted molar refractivity (Wildman–Crippen MR) is 58.9 cm³/mol. The van der Waals surface area contributed by atoms with E-state index in [9.17, 15) is 9.59 Å². The first-order valence-electron chi connectivity index (χ1n) is 4.86. The maximum Gasteiger partial charge on any atom is 0.331 e. The van der Waals surface area contributed by atoms with Gasteiger partial charge < -0.3 is 10.4 Å². The number of carboxylic acid groups (broad SMARTS) is 1. The summed E-state index contributed by atoms with van der Waals surface area (Å²) in [5.74, 6) is -1.15. The van der Waals surface area contributed by atoms with Crippen molar-refractivity contribution in [3.63, 3.8) is 0 Å². The van der Waals surface area contributed by atoms with E-state index < -0.39 is 18.0 Å². The summed E-state index contributed by atoms with van der Waals surface area (Å²) in [5, 5.41) is 16.6. The van der Waals surface area contributed by atoms with E-state index in [1.165, 1.54) is 22.1 Å². The highest BCUT2D eigenvalue weighted by Gasteiger charge is 2.23. The van der Waals surface area contributed by atoms with Crippen molar-refractivity contribution in [1.82, 2.24) is 25.5 Å². The summed E-state index contributed by atoms with van der Waals surface area (Å²) in [6, 6.07) is -1.71. The SMILES string of the molecule is CN(C)NC(=O)NC(C(=O)O)c1cnn(C)c1. The number of hydrogen-bond donors (Lipinski definition) is 3. The lowest BCUT2D eigenvalue weighted by Gasteiger charge is -2.16. The topological polar surface area (TPSA) is 99.5 Å². The minimum absolute atomic E-state index is 0.411. The predicted octanol–water partition coefficient (Wildman–Crippen LogP) is -0.678. The first kappa shape index (κ1) is 13.0. The molecule has 8 heteroatoms. The second kappa shape index (κ2) is 5.30. The third-order valence-electron chi connectivity index (χ3n) is 1.91. The van der Waals surface area contributed by atoms with Crippen molar-refractivity contribution in [2.75, 3.05) is 14.1 Å². The number of aryl methyl sites for hydroxylation is 1. The number of carboxylic acids is 1. The van der Waals surface area contributed by atoms with Gasteiger partial charge in [-0.1, -0.05) is 0 Å². The zero-order chi connectivity index (χ0) is 13.0. The van der Waals surface area contributed by atoms with Gasteiger partial charge in [0.25, 0.3) is 0 Å². The van der Waals surface area contributed by atoms with E-state index in [1.807, 2.05) is 0 Å². The standard InChI is InChI=1S/C9H15N5O3/c1-13(2)12-9(17)11-7(8(15)16)6-4-10-14(3)5-6/h4-5,7H,1-3H3,(H,15,16)(H2,11,12,17). The van der Waals surface area contributed by atoms with Crippen molar-refractivity contribution in [2.24, 2.45) is 7.05 Å². The lowest BCUT2D eigenvalue weighted by molar-refractivity contribution is -0.139. The van der Waals surface area contributed by atoms with Crippen LogP contribution in [0.4, 0.5) is 4.79 Å². The number of nitrogens with one attached hydrogen (secondary N) is 2. The third kappa shape index (κ3) is 3.76. The molecule has 0 saturated carbocycles. The van der Waals surface area contributed by atoms with E-state index in [4.69, 9.17) is 5.11 Å². The molecule has 0 saturated heterocycles. The molecule has 8 nitrogen and oxygen atoms in total. The molecule has 1 heterocycles. The number of rotatable bonds is 4. The molecule has 3 N–H and O–H groups in total. The highest BCUT2D eigenvalue weighted by molar-refractivity contribution is 5.83. The van der Waals surface area contributed by atoms with Crippen molar-refractivity contribution in [3.05, 3.63) is 18.0 Å². The maximum atomic E-state index is 11.4. The zero-order valence-corrected chi connectivity index (χ0v) is 9.84. The first-order chi connectivity index (χ1) is 7.90. The number of amides is 2. The van der Waals surface area contributed by atoms with Crippen LogP contribution in [0.3, 0.4) is 0 Å². The Morgan fingerprint density at radius 2 is 2.18 bits per heavy atom. The Morgan fingerprint density at radius 1 is 1.53 bits per heavy atom. The van der Waals surface area contributed by atoms with E-state index >= 15 is 0 Å². The van der Waals surface area contributed by atoms with Crippen LogP contribution in [0.15, 0.2) is 12.4 Å². The van der Waals surface area contributed by atoms with Crippen molar-refractivity contribution >= 4 is 12.0 Å². The van der Waals surface area contributed by atoms with Gasteiger partial charge in [-0.15, -0.1) is 0 Å². The Balaban J connectivity index is 2.74. The number of urea groups is 1. The lowest BCUT2D eigenvalue weighted by atomic mass is 10.2. The Morgan fingerprint density at radius 3 is 2.59 bits per heavy atom. The van der Waals surface area contributed by atoms with Gasteiger partial charge in [0.15, 0.2) is 6.04 Å². The van der Waals surface area contributed by atoms with E-state index in [-0.39, 0.29) is 0 Å². The number of nitrogens with zero attached hydrogens (tertiary/aromatic N) is 3. The fourth-order valence-corrected chi connectivity index (χ4v) is 1.24. The number of carbonyl (C=O) groups excluding carboxylic acids is 1. The number of carbonyl (C=O) groups is 2. The summed E-state index contributed by atoms with van der Waals surface area (Å²) in [6.07, 6.45) is 2.93. The van der Waals surface area contributed by atoms with Crippen LogP contribution < -0.4 is 10.7 Å². The van der Waals surface area contributed by atoms with Gasteiger partial charge >= 0.3 is 12.0 Å². The van der Waals surface area contributed by atoms with Gasteiger partial charge in [-0.25, -0.2) is 14.6 Å². The lowest BCUT2D eigenvalue weighted by Crippen LogP contribution is -2.46. The van der Waals surface area contributed by atoms with E-state index in [2.05, 4.69) is 15.8 Å². The molecule has 0 aliphatic rings. The van der Waals surface area contributed by atoms with Gasteiger partial charge in [0, 0.05) is 32.9 Å². The molecule has 17 heavy (non-hydrogen) atoms. The second-order valence-electron chi connectivity index (χ2n) is 3.70. The summed E-state index contributed by atoms with van der Waals surface area (Å²) in [6.45, 7) is 0. The van der Waals surface area contributed by atoms with Crippen LogP contribution >= 0.6 is 0 Å². The van der Waals surface area contributed by atoms with Gasteiger partial charge in [-0.05, 0) is 0 Å². The smallest absolute Gasteiger partial charge is 0.331 e. The molecule has 1 aromatic heterocycles. The molecule has 0 fully saturated rings. The van der Waals surface area contributed by atoms with E-state index in [0.29, 0.717) is 5.56 Å². The van der Waals surface area contributed by atoms with Crippen molar-refractivity contribution in [3.8, 4) is 0 Å². The fourth-order valence-electron chi connectivity index (χ4n) is 1.24.